The summed E-state index contributed by atoms with van der Waals surface area (Å²) >= 11 is 1.42. The summed E-state index contributed by atoms with van der Waals surface area (Å²) in [5, 5.41) is 11.3. The van der Waals surface area contributed by atoms with Crippen LogP contribution in [0.5, 0.6) is 0 Å². The lowest BCUT2D eigenvalue weighted by atomic mass is 9.96. The highest BCUT2D eigenvalue weighted by Crippen LogP contribution is 2.19. The van der Waals surface area contributed by atoms with Gasteiger partial charge in [0.15, 0.2) is 0 Å². The molecule has 0 aliphatic heterocycles. The van der Waals surface area contributed by atoms with Crippen molar-refractivity contribution in [3.63, 3.8) is 0 Å². The molecule has 0 bridgehead atoms. The van der Waals surface area contributed by atoms with Crippen LogP contribution in [0, 0.1) is 5.92 Å². The number of nitrogens with one attached hydrogen (secondary N) is 1. The smallest absolute Gasteiger partial charge is 0.317 e. The van der Waals surface area contributed by atoms with Crippen LogP contribution in [0.15, 0.2) is 9.64 Å². The number of aromatic nitrogens is 2. The highest BCUT2D eigenvalue weighted by atomic mass is 32.2. The number of carbonyl (C=O) groups excluding carboxylic acids is 2. The molecule has 1 fully saturated rings. The summed E-state index contributed by atoms with van der Waals surface area (Å²) in [4.78, 5) is 25.9. The fraction of sp³-hybridized carbons (Fsp3) is 0.789. The zero-order chi connectivity index (χ0) is 19.6. The summed E-state index contributed by atoms with van der Waals surface area (Å²) in [6.07, 6.45) is 7.94. The number of carbonyl (C=O) groups is 2. The van der Waals surface area contributed by atoms with Gasteiger partial charge in [-0.2, -0.15) is 0 Å². The van der Waals surface area contributed by atoms with Gasteiger partial charge in [-0.25, -0.2) is 4.79 Å². The first-order valence-corrected chi connectivity index (χ1v) is 11.0. The number of amides is 2. The van der Waals surface area contributed by atoms with Crippen LogP contribution in [0.3, 0.4) is 0 Å². The maximum atomic E-state index is 12.2. The lowest BCUT2D eigenvalue weighted by Gasteiger charge is -2.26. The minimum absolute atomic E-state index is 0.00252. The third kappa shape index (κ3) is 7.91. The Kier molecular flexibility index (Phi) is 9.10. The molecule has 8 heteroatoms. The minimum Gasteiger partial charge on any atom is -0.408 e. The Morgan fingerprint density at radius 1 is 1.26 bits per heavy atom. The van der Waals surface area contributed by atoms with E-state index in [4.69, 9.17) is 4.42 Å². The number of nitrogens with zero attached hydrogens (tertiary/aromatic N) is 3. The largest absolute Gasteiger partial charge is 0.408 e. The van der Waals surface area contributed by atoms with Crippen molar-refractivity contribution in [2.45, 2.75) is 76.5 Å². The molecule has 1 heterocycles. The lowest BCUT2D eigenvalue weighted by molar-refractivity contribution is 0.0936. The van der Waals surface area contributed by atoms with Crippen LogP contribution in [0.2, 0.25) is 0 Å². The third-order valence-corrected chi connectivity index (χ3v) is 5.64. The van der Waals surface area contributed by atoms with E-state index in [0.717, 1.165) is 31.4 Å². The molecule has 2 amide bonds. The average Bonchev–Trinajstić information content (AvgIpc) is 3.13. The topological polar surface area (TPSA) is 88.3 Å². The predicted molar refractivity (Wildman–Crippen MR) is 106 cm³/mol. The van der Waals surface area contributed by atoms with Crippen molar-refractivity contribution >= 4 is 23.6 Å². The number of hydrogen-bond donors (Lipinski definition) is 1. The van der Waals surface area contributed by atoms with E-state index in [9.17, 15) is 9.59 Å². The van der Waals surface area contributed by atoms with E-state index >= 15 is 0 Å². The van der Waals surface area contributed by atoms with Crippen molar-refractivity contribution in [2.24, 2.45) is 5.92 Å². The summed E-state index contributed by atoms with van der Waals surface area (Å²) < 4.78 is 5.43. The fourth-order valence-corrected chi connectivity index (χ4v) is 3.69. The molecule has 0 saturated heterocycles. The number of hydrogen-bond acceptors (Lipinski definition) is 6. The van der Waals surface area contributed by atoms with Crippen LogP contribution >= 0.6 is 11.8 Å². The molecule has 152 valence electrons. The first-order valence-electron chi connectivity index (χ1n) is 9.97. The monoisotopic (exact) mass is 396 g/mol. The zero-order valence-corrected chi connectivity index (χ0v) is 17.5. The Morgan fingerprint density at radius 3 is 2.70 bits per heavy atom. The SMILES string of the molecule is CC(C)CCC(=O)c1nnc(SCCCN(C)C(=O)NC2CCCCC2)o1. The zero-order valence-electron chi connectivity index (χ0n) is 16.7. The third-order valence-electron chi connectivity index (χ3n) is 4.74. The molecule has 0 atom stereocenters. The molecule has 0 spiro atoms. The van der Waals surface area contributed by atoms with Gasteiger partial charge in [0.05, 0.1) is 0 Å². The van der Waals surface area contributed by atoms with Crippen molar-refractivity contribution in [2.75, 3.05) is 19.3 Å². The van der Waals surface area contributed by atoms with Gasteiger partial charge >= 0.3 is 6.03 Å². The van der Waals surface area contributed by atoms with E-state index in [1.165, 1.54) is 31.0 Å². The van der Waals surface area contributed by atoms with Crippen LogP contribution in [0.25, 0.3) is 0 Å². The molecule has 0 radical (unpaired) electrons. The van der Waals surface area contributed by atoms with Gasteiger partial charge in [0.25, 0.3) is 11.1 Å². The quantitative estimate of drug-likeness (QED) is 0.363. The first-order chi connectivity index (χ1) is 13.0. The maximum Gasteiger partial charge on any atom is 0.317 e. The Balaban J connectivity index is 1.63. The van der Waals surface area contributed by atoms with Crippen LogP contribution in [-0.2, 0) is 0 Å². The summed E-state index contributed by atoms with van der Waals surface area (Å²) in [6, 6.07) is 0.329. The van der Waals surface area contributed by atoms with Gasteiger partial charge in [-0.15, -0.1) is 10.2 Å². The van der Waals surface area contributed by atoms with Gasteiger partial charge < -0.3 is 14.6 Å². The molecule has 27 heavy (non-hydrogen) atoms. The van der Waals surface area contributed by atoms with Gasteiger partial charge in [0, 0.05) is 31.8 Å². The molecule has 1 aromatic rings. The molecule has 1 saturated carbocycles. The molecule has 0 unspecified atom stereocenters. The van der Waals surface area contributed by atoms with Crippen LogP contribution in [0.4, 0.5) is 4.79 Å². The number of ketones is 1. The van der Waals surface area contributed by atoms with Crippen molar-refractivity contribution in [3.8, 4) is 0 Å². The number of Topliss-reactive ketones (excluding diaryl/α,β-unsaturated/α-hetero) is 1. The van der Waals surface area contributed by atoms with Crippen LogP contribution in [-0.4, -0.2) is 52.3 Å². The first kappa shape index (κ1) is 21.7. The van der Waals surface area contributed by atoms with Crippen molar-refractivity contribution in [3.05, 3.63) is 5.89 Å². The standard InChI is InChI=1S/C19H32N4O3S/c1-14(2)10-11-16(24)17-21-22-19(26-17)27-13-7-12-23(3)18(25)20-15-8-5-4-6-9-15/h14-15H,4-13H2,1-3H3,(H,20,25). The van der Waals surface area contributed by atoms with Crippen molar-refractivity contribution in [1.29, 1.82) is 0 Å². The highest BCUT2D eigenvalue weighted by molar-refractivity contribution is 7.99. The molecule has 1 aliphatic rings. The molecular formula is C19H32N4O3S. The van der Waals surface area contributed by atoms with Crippen LogP contribution < -0.4 is 5.32 Å². The Bertz CT molecular complexity index is 600. The van der Waals surface area contributed by atoms with Crippen molar-refractivity contribution in [1.82, 2.24) is 20.4 Å². The summed E-state index contributed by atoms with van der Waals surface area (Å²) in [5.41, 5.74) is 0. The number of thioether (sulfide) groups is 1. The summed E-state index contributed by atoms with van der Waals surface area (Å²) in [5.74, 6) is 1.23. The molecule has 7 nitrogen and oxygen atoms in total. The fourth-order valence-electron chi connectivity index (χ4n) is 3.00. The normalized spacial score (nSPS) is 15.1. The Labute approximate surface area is 166 Å². The van der Waals surface area contributed by atoms with Crippen LogP contribution in [0.1, 0.15) is 75.9 Å². The second kappa shape index (κ2) is 11.3. The number of urea groups is 1. The Morgan fingerprint density at radius 2 is 2.00 bits per heavy atom. The van der Waals surface area contributed by atoms with Gasteiger partial charge in [-0.1, -0.05) is 44.9 Å². The van der Waals surface area contributed by atoms with Gasteiger partial charge in [0.1, 0.15) is 0 Å². The predicted octanol–water partition coefficient (Wildman–Crippen LogP) is 4.14. The summed E-state index contributed by atoms with van der Waals surface area (Å²) in [6.45, 7) is 4.82. The molecular weight excluding hydrogens is 364 g/mol. The summed E-state index contributed by atoms with van der Waals surface area (Å²) in [7, 11) is 1.82. The minimum atomic E-state index is -0.0952. The molecule has 2 rings (SSSR count). The molecule has 1 aliphatic carbocycles. The van der Waals surface area contributed by atoms with Gasteiger partial charge in [-0.05, 0) is 31.6 Å². The van der Waals surface area contributed by atoms with E-state index in [2.05, 4.69) is 29.4 Å². The van der Waals surface area contributed by atoms with E-state index in [1.54, 1.807) is 4.90 Å². The average molecular weight is 397 g/mol. The van der Waals surface area contributed by atoms with E-state index in [0.29, 0.717) is 30.1 Å². The second-order valence-corrected chi connectivity index (χ2v) is 8.68. The highest BCUT2D eigenvalue weighted by Gasteiger charge is 2.18. The second-order valence-electron chi connectivity index (χ2n) is 7.64. The molecule has 1 N–H and O–H groups in total. The van der Waals surface area contributed by atoms with Gasteiger partial charge in [0.2, 0.25) is 5.78 Å². The maximum absolute atomic E-state index is 12.2. The van der Waals surface area contributed by atoms with E-state index < -0.39 is 0 Å². The van der Waals surface area contributed by atoms with Gasteiger partial charge in [-0.3, -0.25) is 4.79 Å². The van der Waals surface area contributed by atoms with E-state index in [1.807, 2.05) is 7.05 Å². The lowest BCUT2D eigenvalue weighted by Crippen LogP contribution is -2.44. The molecule has 1 aromatic heterocycles. The Hall–Kier alpha value is -1.57. The number of rotatable bonds is 10. The van der Waals surface area contributed by atoms with Crippen molar-refractivity contribution < 1.29 is 14.0 Å². The van der Waals surface area contributed by atoms with E-state index in [-0.39, 0.29) is 17.7 Å². The molecule has 0 aromatic carbocycles.